The summed E-state index contributed by atoms with van der Waals surface area (Å²) >= 11 is 0. The molecule has 0 aromatic carbocycles. The Balaban J connectivity index is 2.81. The third kappa shape index (κ3) is 1.14. The summed E-state index contributed by atoms with van der Waals surface area (Å²) in [5, 5.41) is 0. The van der Waals surface area contributed by atoms with Gasteiger partial charge >= 0.3 is 0 Å². The average molecular weight is 190 g/mol. The minimum absolute atomic E-state index is 0.417. The van der Waals surface area contributed by atoms with Crippen molar-refractivity contribution >= 4 is 17.0 Å². The minimum atomic E-state index is 0.417. The van der Waals surface area contributed by atoms with Crippen LogP contribution in [0.3, 0.4) is 0 Å². The summed E-state index contributed by atoms with van der Waals surface area (Å²) in [4.78, 5) is 8.53. The monoisotopic (exact) mass is 190 g/mol. The number of hydrogen-bond donors (Lipinski definition) is 1. The van der Waals surface area contributed by atoms with Crippen LogP contribution in [0.1, 0.15) is 25.3 Å². The van der Waals surface area contributed by atoms with Crippen LogP contribution in [0.15, 0.2) is 12.4 Å². The Morgan fingerprint density at radius 3 is 2.71 bits per heavy atom. The molecule has 2 N–H and O–H groups in total. The molecule has 0 aliphatic rings. The fraction of sp³-hybridized carbons (Fsp3) is 0.400. The molecule has 2 rings (SSSR count). The fourth-order valence-electron chi connectivity index (χ4n) is 1.56. The lowest BCUT2D eigenvalue weighted by Gasteiger charge is -2.04. The molecule has 0 spiro atoms. The van der Waals surface area contributed by atoms with Crippen LogP contribution >= 0.6 is 0 Å². The molecule has 0 aliphatic carbocycles. The van der Waals surface area contributed by atoms with Crippen molar-refractivity contribution in [3.05, 3.63) is 18.0 Å². The van der Waals surface area contributed by atoms with Gasteiger partial charge in [0.05, 0.1) is 17.2 Å². The molecule has 74 valence electrons. The molecule has 4 nitrogen and oxygen atoms in total. The molecule has 0 saturated carbocycles. The maximum Gasteiger partial charge on any atom is 0.200 e. The first-order valence-electron chi connectivity index (χ1n) is 4.67. The normalized spacial score (nSPS) is 11.4. The molecule has 0 amide bonds. The van der Waals surface area contributed by atoms with E-state index in [0.29, 0.717) is 11.9 Å². The number of hydrogen-bond acceptors (Lipinski definition) is 3. The van der Waals surface area contributed by atoms with Crippen molar-refractivity contribution in [2.45, 2.75) is 19.8 Å². The summed E-state index contributed by atoms with van der Waals surface area (Å²) in [6, 6.07) is 0. The van der Waals surface area contributed by atoms with E-state index >= 15 is 0 Å². The van der Waals surface area contributed by atoms with Gasteiger partial charge in [0.15, 0.2) is 0 Å². The second-order valence-corrected chi connectivity index (χ2v) is 3.78. The molecule has 0 fully saturated rings. The van der Waals surface area contributed by atoms with Crippen molar-refractivity contribution in [1.29, 1.82) is 0 Å². The molecule has 0 unspecified atom stereocenters. The molecule has 2 heterocycles. The number of aromatic nitrogens is 3. The number of imidazole rings is 1. The Hall–Kier alpha value is -1.58. The van der Waals surface area contributed by atoms with E-state index in [1.54, 1.807) is 6.20 Å². The number of anilines is 1. The minimum Gasteiger partial charge on any atom is -0.369 e. The Kier molecular flexibility index (Phi) is 1.91. The van der Waals surface area contributed by atoms with E-state index in [-0.39, 0.29) is 0 Å². The van der Waals surface area contributed by atoms with Gasteiger partial charge in [-0.3, -0.25) is 4.98 Å². The first-order chi connectivity index (χ1) is 6.61. The lowest BCUT2D eigenvalue weighted by Crippen LogP contribution is -1.96. The standard InChI is InChI=1S/C10H14N4/c1-6(2)7-4-12-5-8-9(7)13-10(11)14(8)3/h4-6H,1-3H3,(H2,11,13). The maximum atomic E-state index is 5.75. The summed E-state index contributed by atoms with van der Waals surface area (Å²) in [5.74, 6) is 0.954. The molecular weight excluding hydrogens is 176 g/mol. The van der Waals surface area contributed by atoms with Gasteiger partial charge in [-0.15, -0.1) is 0 Å². The second-order valence-electron chi connectivity index (χ2n) is 3.78. The number of pyridine rings is 1. The molecule has 0 aliphatic heterocycles. The van der Waals surface area contributed by atoms with Crippen LogP contribution in [0, 0.1) is 0 Å². The van der Waals surface area contributed by atoms with Crippen molar-refractivity contribution in [2.75, 3.05) is 5.73 Å². The lowest BCUT2D eigenvalue weighted by molar-refractivity contribution is 0.866. The van der Waals surface area contributed by atoms with E-state index in [0.717, 1.165) is 16.6 Å². The van der Waals surface area contributed by atoms with E-state index in [1.165, 1.54) is 0 Å². The number of fused-ring (bicyclic) bond motifs is 1. The zero-order chi connectivity index (χ0) is 10.3. The molecular formula is C10H14N4. The van der Waals surface area contributed by atoms with Gasteiger partial charge in [-0.25, -0.2) is 4.98 Å². The van der Waals surface area contributed by atoms with Gasteiger partial charge in [0.1, 0.15) is 0 Å². The Morgan fingerprint density at radius 1 is 1.36 bits per heavy atom. The van der Waals surface area contributed by atoms with Crippen molar-refractivity contribution < 1.29 is 0 Å². The molecule has 0 bridgehead atoms. The van der Waals surface area contributed by atoms with Crippen LogP contribution in [0.4, 0.5) is 5.95 Å². The molecule has 0 radical (unpaired) electrons. The van der Waals surface area contributed by atoms with Gasteiger partial charge in [0, 0.05) is 18.8 Å². The summed E-state index contributed by atoms with van der Waals surface area (Å²) < 4.78 is 1.86. The Labute approximate surface area is 82.8 Å². The second kappa shape index (κ2) is 2.97. The fourth-order valence-corrected chi connectivity index (χ4v) is 1.56. The number of nitrogens with zero attached hydrogens (tertiary/aromatic N) is 3. The van der Waals surface area contributed by atoms with Gasteiger partial charge in [0.25, 0.3) is 0 Å². The van der Waals surface area contributed by atoms with E-state index in [4.69, 9.17) is 5.73 Å². The first kappa shape index (κ1) is 8.99. The smallest absolute Gasteiger partial charge is 0.200 e. The molecule has 2 aromatic rings. The molecule has 0 atom stereocenters. The highest BCUT2D eigenvalue weighted by Crippen LogP contribution is 2.24. The summed E-state index contributed by atoms with van der Waals surface area (Å²) in [6.07, 6.45) is 3.66. The molecule has 2 aromatic heterocycles. The van der Waals surface area contributed by atoms with Crippen LogP contribution in [0.25, 0.3) is 11.0 Å². The van der Waals surface area contributed by atoms with E-state index in [1.807, 2.05) is 17.8 Å². The van der Waals surface area contributed by atoms with Gasteiger partial charge < -0.3 is 10.3 Å². The quantitative estimate of drug-likeness (QED) is 0.744. The van der Waals surface area contributed by atoms with Crippen LogP contribution < -0.4 is 5.73 Å². The summed E-state index contributed by atoms with van der Waals surface area (Å²) in [7, 11) is 1.90. The van der Waals surface area contributed by atoms with Gasteiger partial charge in [0.2, 0.25) is 5.95 Å². The van der Waals surface area contributed by atoms with E-state index in [9.17, 15) is 0 Å². The van der Waals surface area contributed by atoms with E-state index in [2.05, 4.69) is 23.8 Å². The topological polar surface area (TPSA) is 56.7 Å². The Morgan fingerprint density at radius 2 is 2.07 bits per heavy atom. The third-order valence-corrected chi connectivity index (χ3v) is 2.48. The zero-order valence-corrected chi connectivity index (χ0v) is 8.65. The maximum absolute atomic E-state index is 5.75. The lowest BCUT2D eigenvalue weighted by atomic mass is 10.0. The third-order valence-electron chi connectivity index (χ3n) is 2.48. The highest BCUT2D eigenvalue weighted by Gasteiger charge is 2.11. The van der Waals surface area contributed by atoms with Crippen LogP contribution in [-0.4, -0.2) is 14.5 Å². The van der Waals surface area contributed by atoms with Crippen molar-refractivity contribution in [1.82, 2.24) is 14.5 Å². The predicted molar refractivity (Wildman–Crippen MR) is 57.0 cm³/mol. The Bertz CT molecular complexity index is 470. The predicted octanol–water partition coefficient (Wildman–Crippen LogP) is 1.67. The van der Waals surface area contributed by atoms with Crippen molar-refractivity contribution in [3.8, 4) is 0 Å². The van der Waals surface area contributed by atoms with Crippen LogP contribution in [0.5, 0.6) is 0 Å². The SMILES string of the molecule is CC(C)c1cncc2c1nc(N)n2C. The number of nitrogen functional groups attached to an aromatic ring is 1. The zero-order valence-electron chi connectivity index (χ0n) is 8.65. The number of nitrogens with two attached hydrogens (primary N) is 1. The highest BCUT2D eigenvalue weighted by molar-refractivity contribution is 5.80. The van der Waals surface area contributed by atoms with Gasteiger partial charge in [-0.2, -0.15) is 0 Å². The first-order valence-corrected chi connectivity index (χ1v) is 4.67. The molecule has 0 saturated heterocycles. The largest absolute Gasteiger partial charge is 0.369 e. The van der Waals surface area contributed by atoms with Crippen molar-refractivity contribution in [2.24, 2.45) is 7.05 Å². The summed E-state index contributed by atoms with van der Waals surface area (Å²) in [6.45, 7) is 4.25. The van der Waals surface area contributed by atoms with E-state index < -0.39 is 0 Å². The highest BCUT2D eigenvalue weighted by atomic mass is 15.1. The molecule has 4 heteroatoms. The van der Waals surface area contributed by atoms with Gasteiger partial charge in [-0.1, -0.05) is 13.8 Å². The van der Waals surface area contributed by atoms with Gasteiger partial charge in [-0.05, 0) is 5.92 Å². The number of aryl methyl sites for hydroxylation is 1. The number of rotatable bonds is 1. The molecule has 14 heavy (non-hydrogen) atoms. The van der Waals surface area contributed by atoms with Crippen LogP contribution in [-0.2, 0) is 7.05 Å². The van der Waals surface area contributed by atoms with Crippen molar-refractivity contribution in [3.63, 3.8) is 0 Å². The summed E-state index contributed by atoms with van der Waals surface area (Å²) in [5.41, 5.74) is 8.86. The van der Waals surface area contributed by atoms with Crippen LogP contribution in [0.2, 0.25) is 0 Å². The average Bonchev–Trinajstić information content (AvgIpc) is 2.43.